The molecule has 1 saturated heterocycles. The molecule has 1 aliphatic rings. The highest BCUT2D eigenvalue weighted by Gasteiger charge is 2.21. The van der Waals surface area contributed by atoms with E-state index in [4.69, 9.17) is 0 Å². The second-order valence-electron chi connectivity index (χ2n) is 11.1. The van der Waals surface area contributed by atoms with Crippen LogP contribution >= 0.6 is 0 Å². The van der Waals surface area contributed by atoms with E-state index in [1.807, 2.05) is 4.68 Å². The van der Waals surface area contributed by atoms with Gasteiger partial charge in [0.15, 0.2) is 5.82 Å². The van der Waals surface area contributed by atoms with Crippen molar-refractivity contribution < 1.29 is 0 Å². The molecule has 0 aliphatic carbocycles. The lowest BCUT2D eigenvalue weighted by Crippen LogP contribution is -2.45. The van der Waals surface area contributed by atoms with Crippen LogP contribution in [0.1, 0.15) is 41.7 Å². The lowest BCUT2D eigenvalue weighted by Gasteiger charge is -2.34. The summed E-state index contributed by atoms with van der Waals surface area (Å²) in [5.41, 5.74) is 8.40. The zero-order valence-electron chi connectivity index (χ0n) is 23.7. The fourth-order valence-electron chi connectivity index (χ4n) is 5.49. The number of para-hydroxylation sites is 1. The van der Waals surface area contributed by atoms with Crippen LogP contribution in [0.4, 0.5) is 0 Å². The fraction of sp³-hybridized carbons (Fsp3) is 0.364. The highest BCUT2D eigenvalue weighted by molar-refractivity contribution is 5.64. The molecule has 0 radical (unpaired) electrons. The first-order chi connectivity index (χ1) is 19.0. The first kappa shape index (κ1) is 27.0. The summed E-state index contributed by atoms with van der Waals surface area (Å²) in [6.07, 6.45) is 5.54. The van der Waals surface area contributed by atoms with Gasteiger partial charge in [0.2, 0.25) is 0 Å². The monoisotopic (exact) mass is 520 g/mol. The summed E-state index contributed by atoms with van der Waals surface area (Å²) in [5.74, 6) is 1.40. The van der Waals surface area contributed by atoms with Gasteiger partial charge in [-0.05, 0) is 70.5 Å². The SMILES string of the molecule is Cc1cccc(C)c1-n1nnnc1-c1cc(CC(C)C)ccc1CN1CCN(CC=Cc2ccccc2)CC1. The highest BCUT2D eigenvalue weighted by Crippen LogP contribution is 2.29. The Kier molecular flexibility index (Phi) is 8.64. The maximum atomic E-state index is 4.56. The molecule has 0 atom stereocenters. The number of piperazine rings is 1. The average Bonchev–Trinajstić information content (AvgIpc) is 3.40. The Morgan fingerprint density at radius 2 is 1.56 bits per heavy atom. The third-order valence-corrected chi connectivity index (χ3v) is 7.51. The van der Waals surface area contributed by atoms with Gasteiger partial charge >= 0.3 is 0 Å². The number of benzene rings is 3. The molecule has 1 aliphatic heterocycles. The Bertz CT molecular complexity index is 1380. The summed E-state index contributed by atoms with van der Waals surface area (Å²) in [5, 5.41) is 13.1. The Morgan fingerprint density at radius 3 is 2.28 bits per heavy atom. The minimum Gasteiger partial charge on any atom is -0.297 e. The molecule has 2 heterocycles. The van der Waals surface area contributed by atoms with E-state index in [2.05, 4.69) is 132 Å². The Hall–Kier alpha value is -3.61. The molecule has 0 unspecified atom stereocenters. The maximum absolute atomic E-state index is 4.56. The molecule has 0 spiro atoms. The van der Waals surface area contributed by atoms with Crippen LogP contribution in [0.3, 0.4) is 0 Å². The predicted octanol–water partition coefficient (Wildman–Crippen LogP) is 5.98. The molecule has 5 rings (SSSR count). The smallest absolute Gasteiger partial charge is 0.187 e. The second kappa shape index (κ2) is 12.5. The van der Waals surface area contributed by atoms with Crippen LogP contribution in [-0.4, -0.2) is 62.7 Å². The molecule has 6 heteroatoms. The number of hydrogen-bond acceptors (Lipinski definition) is 5. The van der Waals surface area contributed by atoms with E-state index in [1.54, 1.807) is 0 Å². The minimum absolute atomic E-state index is 0.585. The van der Waals surface area contributed by atoms with Gasteiger partial charge in [-0.15, -0.1) is 5.10 Å². The average molecular weight is 521 g/mol. The van der Waals surface area contributed by atoms with Crippen molar-refractivity contribution in [1.82, 2.24) is 30.0 Å². The number of aryl methyl sites for hydroxylation is 2. The van der Waals surface area contributed by atoms with Crippen molar-refractivity contribution in [3.8, 4) is 17.1 Å². The normalized spacial score (nSPS) is 15.0. The molecule has 1 aromatic heterocycles. The molecule has 0 saturated carbocycles. The number of aromatic nitrogens is 4. The summed E-state index contributed by atoms with van der Waals surface area (Å²) in [6, 6.07) is 23.8. The summed E-state index contributed by atoms with van der Waals surface area (Å²) in [6.45, 7) is 14.9. The van der Waals surface area contributed by atoms with E-state index < -0.39 is 0 Å². The van der Waals surface area contributed by atoms with Crippen molar-refractivity contribution in [2.45, 2.75) is 40.7 Å². The molecular formula is C33H40N6. The van der Waals surface area contributed by atoms with Crippen LogP contribution in [0.25, 0.3) is 23.2 Å². The van der Waals surface area contributed by atoms with Crippen molar-refractivity contribution in [2.75, 3.05) is 32.7 Å². The van der Waals surface area contributed by atoms with Crippen LogP contribution < -0.4 is 0 Å². The summed E-state index contributed by atoms with van der Waals surface area (Å²) < 4.78 is 1.93. The number of rotatable bonds is 9. The zero-order chi connectivity index (χ0) is 27.2. The first-order valence-electron chi connectivity index (χ1n) is 14.1. The van der Waals surface area contributed by atoms with Gasteiger partial charge in [-0.25, -0.2) is 0 Å². The number of nitrogens with zero attached hydrogens (tertiary/aromatic N) is 6. The lowest BCUT2D eigenvalue weighted by atomic mass is 9.96. The van der Waals surface area contributed by atoms with Gasteiger partial charge in [0.1, 0.15) is 0 Å². The van der Waals surface area contributed by atoms with Crippen molar-refractivity contribution in [3.05, 3.63) is 101 Å². The van der Waals surface area contributed by atoms with Crippen molar-refractivity contribution >= 4 is 6.08 Å². The molecule has 0 bridgehead atoms. The largest absolute Gasteiger partial charge is 0.297 e. The van der Waals surface area contributed by atoms with Crippen LogP contribution in [0, 0.1) is 19.8 Å². The van der Waals surface area contributed by atoms with Crippen LogP contribution in [-0.2, 0) is 13.0 Å². The number of hydrogen-bond donors (Lipinski definition) is 0. The van der Waals surface area contributed by atoms with Crippen molar-refractivity contribution in [2.24, 2.45) is 5.92 Å². The molecule has 1 fully saturated rings. The predicted molar refractivity (Wildman–Crippen MR) is 160 cm³/mol. The molecule has 0 N–H and O–H groups in total. The van der Waals surface area contributed by atoms with Gasteiger partial charge in [0.05, 0.1) is 5.69 Å². The molecule has 0 amide bonds. The topological polar surface area (TPSA) is 50.1 Å². The number of tetrazole rings is 1. The van der Waals surface area contributed by atoms with Crippen LogP contribution in [0.2, 0.25) is 0 Å². The summed E-state index contributed by atoms with van der Waals surface area (Å²) in [7, 11) is 0. The summed E-state index contributed by atoms with van der Waals surface area (Å²) >= 11 is 0. The molecular weight excluding hydrogens is 480 g/mol. The standard InChI is InChI=1S/C33H40N6/c1-25(2)22-29-15-16-30(24-38-20-18-37(19-21-38)17-9-14-28-12-6-5-7-13-28)31(23-29)33-34-35-36-39(33)32-26(3)10-8-11-27(32)4/h5-16,23,25H,17-22,24H2,1-4H3. The Balaban J connectivity index is 1.34. The third kappa shape index (κ3) is 6.70. The van der Waals surface area contributed by atoms with Gasteiger partial charge in [-0.1, -0.05) is 86.7 Å². The van der Waals surface area contributed by atoms with E-state index in [9.17, 15) is 0 Å². The van der Waals surface area contributed by atoms with Gasteiger partial charge in [0, 0.05) is 44.8 Å². The van der Waals surface area contributed by atoms with E-state index in [0.29, 0.717) is 5.92 Å². The van der Waals surface area contributed by atoms with E-state index in [0.717, 1.165) is 62.8 Å². The quantitative estimate of drug-likeness (QED) is 0.272. The summed E-state index contributed by atoms with van der Waals surface area (Å²) in [4.78, 5) is 5.09. The van der Waals surface area contributed by atoms with Gasteiger partial charge in [-0.2, -0.15) is 4.68 Å². The zero-order valence-corrected chi connectivity index (χ0v) is 23.7. The third-order valence-electron chi connectivity index (χ3n) is 7.51. The van der Waals surface area contributed by atoms with Crippen molar-refractivity contribution in [1.29, 1.82) is 0 Å². The fourth-order valence-corrected chi connectivity index (χ4v) is 5.49. The minimum atomic E-state index is 0.585. The second-order valence-corrected chi connectivity index (χ2v) is 11.1. The molecule has 39 heavy (non-hydrogen) atoms. The van der Waals surface area contributed by atoms with Crippen LogP contribution in [0.15, 0.2) is 72.8 Å². The van der Waals surface area contributed by atoms with Gasteiger partial charge < -0.3 is 0 Å². The van der Waals surface area contributed by atoms with Gasteiger partial charge in [-0.3, -0.25) is 9.80 Å². The van der Waals surface area contributed by atoms with Gasteiger partial charge in [0.25, 0.3) is 0 Å². The molecule has 3 aromatic carbocycles. The lowest BCUT2D eigenvalue weighted by molar-refractivity contribution is 0.137. The van der Waals surface area contributed by atoms with Crippen molar-refractivity contribution in [3.63, 3.8) is 0 Å². The Morgan fingerprint density at radius 1 is 0.846 bits per heavy atom. The van der Waals surface area contributed by atoms with E-state index >= 15 is 0 Å². The molecule has 4 aromatic rings. The van der Waals surface area contributed by atoms with E-state index in [1.165, 1.54) is 27.8 Å². The van der Waals surface area contributed by atoms with Crippen LogP contribution in [0.5, 0.6) is 0 Å². The Labute approximate surface area is 233 Å². The highest BCUT2D eigenvalue weighted by atomic mass is 15.5. The molecule has 202 valence electrons. The van der Waals surface area contributed by atoms with E-state index in [-0.39, 0.29) is 0 Å². The first-order valence-corrected chi connectivity index (χ1v) is 14.1. The molecule has 6 nitrogen and oxygen atoms in total. The maximum Gasteiger partial charge on any atom is 0.187 e.